The molecule has 0 bridgehead atoms. The molecule has 0 spiro atoms. The molecule has 2 amide bonds. The van der Waals surface area contributed by atoms with Gasteiger partial charge in [-0.1, -0.05) is 77.6 Å². The Bertz CT molecular complexity index is 1590. The number of Topliss-reactive ketones (excluding diaryl/α,β-unsaturated/α-hetero) is 4. The summed E-state index contributed by atoms with van der Waals surface area (Å²) in [7, 11) is 0. The largest absolute Gasteiger partial charge is 0.344 e. The third-order valence-electron chi connectivity index (χ3n) is 11.0. The average molecular weight is 699 g/mol. The number of aromatic nitrogens is 2. The first-order valence-corrected chi connectivity index (χ1v) is 18.9. The van der Waals surface area contributed by atoms with Crippen LogP contribution >= 0.6 is 0 Å². The molecule has 274 valence electrons. The lowest BCUT2D eigenvalue weighted by Crippen LogP contribution is -2.60. The number of benzene rings is 1. The van der Waals surface area contributed by atoms with Gasteiger partial charge in [0.25, 0.3) is 0 Å². The van der Waals surface area contributed by atoms with Gasteiger partial charge in [-0.15, -0.1) is 0 Å². The summed E-state index contributed by atoms with van der Waals surface area (Å²) in [6, 6.07) is 5.86. The standard InChI is InChI=1S/C41H54N4O6/c1-5-11-29(37(49)36(48)20-26-16-17-26)22-35(47)33-21-28-14-9-10-15-30(28)25-45(33)40(51)38(41(2,3)4)44-39(50)31(27-12-7-6-8-13-27)23-34(46)32-24-42-18-19-43-32/h9-10,14-15,18-19,24,26-27,29,31,33,38H,5-8,11-13,16-17,20-23,25H2,1-4H3,(H,44,50)/t29?,31-,33-,38+/m0/s1. The molecule has 10 nitrogen and oxygen atoms in total. The van der Waals surface area contributed by atoms with Crippen molar-refractivity contribution in [2.24, 2.45) is 29.1 Å². The Hall–Kier alpha value is -4.08. The van der Waals surface area contributed by atoms with Crippen LogP contribution in [0.15, 0.2) is 42.9 Å². The van der Waals surface area contributed by atoms with Crippen LogP contribution in [0.2, 0.25) is 0 Å². The number of carbonyl (C=O) groups is 6. The quantitative estimate of drug-likeness (QED) is 0.165. The molecule has 1 aliphatic heterocycles. The third kappa shape index (κ3) is 9.83. The van der Waals surface area contributed by atoms with Crippen molar-refractivity contribution in [1.29, 1.82) is 0 Å². The Morgan fingerprint density at radius 1 is 0.922 bits per heavy atom. The van der Waals surface area contributed by atoms with Gasteiger partial charge in [0.05, 0.1) is 12.2 Å². The van der Waals surface area contributed by atoms with Crippen LogP contribution < -0.4 is 5.32 Å². The molecule has 0 saturated heterocycles. The Morgan fingerprint density at radius 2 is 1.63 bits per heavy atom. The highest BCUT2D eigenvalue weighted by Crippen LogP contribution is 2.36. The molecule has 2 aromatic rings. The number of hydrogen-bond acceptors (Lipinski definition) is 8. The van der Waals surface area contributed by atoms with Crippen LogP contribution in [0, 0.1) is 29.1 Å². The highest BCUT2D eigenvalue weighted by Gasteiger charge is 2.44. The van der Waals surface area contributed by atoms with Gasteiger partial charge in [0.15, 0.2) is 17.3 Å². The Kier molecular flexibility index (Phi) is 12.7. The predicted molar refractivity (Wildman–Crippen MR) is 192 cm³/mol. The van der Waals surface area contributed by atoms with E-state index < -0.39 is 40.9 Å². The molecule has 4 atom stereocenters. The fraction of sp³-hybridized carbons (Fsp3) is 0.610. The fourth-order valence-corrected chi connectivity index (χ4v) is 7.83. The van der Waals surface area contributed by atoms with Crippen molar-refractivity contribution in [2.75, 3.05) is 0 Å². The summed E-state index contributed by atoms with van der Waals surface area (Å²) in [5, 5.41) is 3.08. The Morgan fingerprint density at radius 3 is 2.25 bits per heavy atom. The minimum atomic E-state index is -0.989. The van der Waals surface area contributed by atoms with Crippen LogP contribution in [-0.2, 0) is 36.9 Å². The molecule has 2 fully saturated rings. The highest BCUT2D eigenvalue weighted by atomic mass is 16.2. The van der Waals surface area contributed by atoms with E-state index in [1.165, 1.54) is 18.6 Å². The minimum absolute atomic E-state index is 0.0121. The zero-order valence-electron chi connectivity index (χ0n) is 30.7. The van der Waals surface area contributed by atoms with E-state index in [-0.39, 0.29) is 73.1 Å². The summed E-state index contributed by atoms with van der Waals surface area (Å²) in [5.74, 6) is -3.23. The normalized spacial score (nSPS) is 19.7. The zero-order chi connectivity index (χ0) is 36.7. The molecule has 0 radical (unpaired) electrons. The first-order chi connectivity index (χ1) is 24.4. The smallest absolute Gasteiger partial charge is 0.246 e. The number of carbonyl (C=O) groups excluding carboxylic acids is 6. The Balaban J connectivity index is 1.40. The molecule has 1 aromatic carbocycles. The maximum Gasteiger partial charge on any atom is 0.246 e. The lowest BCUT2D eigenvalue weighted by Gasteiger charge is -2.42. The van der Waals surface area contributed by atoms with E-state index >= 15 is 0 Å². The van der Waals surface area contributed by atoms with Gasteiger partial charge in [0.2, 0.25) is 17.6 Å². The van der Waals surface area contributed by atoms with Crippen LogP contribution in [0.5, 0.6) is 0 Å². The zero-order valence-corrected chi connectivity index (χ0v) is 30.7. The van der Waals surface area contributed by atoms with E-state index in [4.69, 9.17) is 0 Å². The third-order valence-corrected chi connectivity index (χ3v) is 11.0. The van der Waals surface area contributed by atoms with Crippen LogP contribution in [0.3, 0.4) is 0 Å². The number of fused-ring (bicyclic) bond motifs is 1. The van der Waals surface area contributed by atoms with Crippen LogP contribution in [0.4, 0.5) is 0 Å². The molecular weight excluding hydrogens is 644 g/mol. The molecule has 3 aliphatic rings. The van der Waals surface area contributed by atoms with Gasteiger partial charge >= 0.3 is 0 Å². The summed E-state index contributed by atoms with van der Waals surface area (Å²) in [4.78, 5) is 92.5. The molecule has 2 saturated carbocycles. The van der Waals surface area contributed by atoms with Crippen molar-refractivity contribution < 1.29 is 28.8 Å². The van der Waals surface area contributed by atoms with Crippen molar-refractivity contribution in [2.45, 2.75) is 130 Å². The molecular formula is C41H54N4O6. The summed E-state index contributed by atoms with van der Waals surface area (Å²) in [5.41, 5.74) is 1.35. The van der Waals surface area contributed by atoms with Crippen LogP contribution in [0.1, 0.15) is 126 Å². The number of nitrogens with one attached hydrogen (secondary N) is 1. The van der Waals surface area contributed by atoms with Crippen molar-refractivity contribution >= 4 is 34.9 Å². The predicted octanol–water partition coefficient (Wildman–Crippen LogP) is 6.04. The van der Waals surface area contributed by atoms with Gasteiger partial charge in [-0.05, 0) is 60.5 Å². The van der Waals surface area contributed by atoms with Crippen LogP contribution in [-0.4, -0.2) is 61.9 Å². The lowest BCUT2D eigenvalue weighted by molar-refractivity contribution is -0.148. The number of ketones is 4. The van der Waals surface area contributed by atoms with Crippen molar-refractivity contribution in [1.82, 2.24) is 20.2 Å². The number of amides is 2. The highest BCUT2D eigenvalue weighted by molar-refractivity contribution is 6.38. The summed E-state index contributed by atoms with van der Waals surface area (Å²) in [6.45, 7) is 7.75. The van der Waals surface area contributed by atoms with Gasteiger partial charge in [0.1, 0.15) is 11.7 Å². The number of rotatable bonds is 16. The summed E-state index contributed by atoms with van der Waals surface area (Å²) in [6.07, 6.45) is 12.4. The monoisotopic (exact) mass is 698 g/mol. The first-order valence-electron chi connectivity index (χ1n) is 18.9. The molecule has 51 heavy (non-hydrogen) atoms. The first kappa shape index (κ1) is 38.2. The van der Waals surface area contributed by atoms with E-state index in [0.29, 0.717) is 12.8 Å². The van der Waals surface area contributed by atoms with Gasteiger partial charge in [0, 0.05) is 56.5 Å². The van der Waals surface area contributed by atoms with Gasteiger partial charge < -0.3 is 10.2 Å². The lowest BCUT2D eigenvalue weighted by atomic mass is 9.76. The van der Waals surface area contributed by atoms with E-state index in [9.17, 15) is 28.8 Å². The molecule has 2 heterocycles. The summed E-state index contributed by atoms with van der Waals surface area (Å²) < 4.78 is 0. The summed E-state index contributed by atoms with van der Waals surface area (Å²) >= 11 is 0. The maximum atomic E-state index is 14.8. The number of hydrogen-bond donors (Lipinski definition) is 1. The molecule has 5 rings (SSSR count). The van der Waals surface area contributed by atoms with Gasteiger partial charge in [-0.3, -0.25) is 33.8 Å². The van der Waals surface area contributed by atoms with E-state index in [1.807, 2.05) is 52.0 Å². The molecule has 1 aromatic heterocycles. The second-order valence-electron chi connectivity index (χ2n) is 16.1. The fourth-order valence-electron chi connectivity index (χ4n) is 7.83. The van der Waals surface area contributed by atoms with Crippen molar-refractivity contribution in [3.05, 3.63) is 59.7 Å². The van der Waals surface area contributed by atoms with E-state index in [1.54, 1.807) is 4.90 Å². The number of nitrogens with zero attached hydrogens (tertiary/aromatic N) is 3. The maximum absolute atomic E-state index is 14.8. The van der Waals surface area contributed by atoms with Crippen molar-refractivity contribution in [3.8, 4) is 0 Å². The second kappa shape index (κ2) is 17.0. The second-order valence-corrected chi connectivity index (χ2v) is 16.1. The van der Waals surface area contributed by atoms with E-state index in [0.717, 1.165) is 56.1 Å². The molecule has 1 N–H and O–H groups in total. The molecule has 1 unspecified atom stereocenters. The SMILES string of the molecule is CCCC(CC(=O)[C@@H]1Cc2ccccc2CN1C(=O)[C@@H](NC(=O)[C@@H](CC(=O)c1cnccn1)C1CCCCC1)C(C)(C)C)C(=O)C(=O)CC1CC1. The molecule has 2 aliphatic carbocycles. The Labute approximate surface area is 302 Å². The van der Waals surface area contributed by atoms with Crippen molar-refractivity contribution in [3.63, 3.8) is 0 Å². The average Bonchev–Trinajstić information content (AvgIpc) is 3.95. The van der Waals surface area contributed by atoms with Gasteiger partial charge in [-0.25, -0.2) is 4.98 Å². The minimum Gasteiger partial charge on any atom is -0.344 e. The topological polar surface area (TPSA) is 143 Å². The molecule has 10 heteroatoms. The van der Waals surface area contributed by atoms with E-state index in [2.05, 4.69) is 15.3 Å². The van der Waals surface area contributed by atoms with Crippen LogP contribution in [0.25, 0.3) is 0 Å². The van der Waals surface area contributed by atoms with Gasteiger partial charge in [-0.2, -0.15) is 0 Å².